The topological polar surface area (TPSA) is 84.2 Å². The van der Waals surface area contributed by atoms with E-state index in [2.05, 4.69) is 5.16 Å². The summed E-state index contributed by atoms with van der Waals surface area (Å²) in [5.41, 5.74) is -2.67. The molecule has 2 aromatic carbocycles. The highest BCUT2D eigenvalue weighted by Crippen LogP contribution is 2.64. The molecule has 1 spiro atoms. The van der Waals surface area contributed by atoms with Crippen LogP contribution in [0.15, 0.2) is 53.7 Å². The first-order chi connectivity index (χ1) is 16.7. The van der Waals surface area contributed by atoms with Gasteiger partial charge < -0.3 is 14.3 Å². The van der Waals surface area contributed by atoms with Crippen LogP contribution in [0.5, 0.6) is 5.75 Å². The molecule has 2 aromatic rings. The van der Waals surface area contributed by atoms with E-state index in [9.17, 15) is 18.0 Å². The maximum Gasteiger partial charge on any atom is 0.417 e. The van der Waals surface area contributed by atoms with Crippen molar-refractivity contribution in [2.45, 2.75) is 43.4 Å². The molecule has 180 valence electrons. The number of benzene rings is 2. The third kappa shape index (κ3) is 3.04. The van der Waals surface area contributed by atoms with Gasteiger partial charge in [0.25, 0.3) is 0 Å². The molecule has 35 heavy (non-hydrogen) atoms. The van der Waals surface area contributed by atoms with Gasteiger partial charge in [0.2, 0.25) is 5.91 Å². The number of hydrogen-bond acceptors (Lipinski definition) is 6. The normalized spacial score (nSPS) is 34.3. The van der Waals surface area contributed by atoms with Crippen molar-refractivity contribution in [2.75, 3.05) is 11.5 Å². The summed E-state index contributed by atoms with van der Waals surface area (Å²) in [7, 11) is 0. The first-order valence-electron chi connectivity index (χ1n) is 11.2. The SMILES string of the molecule is C[C@@]12C/C(=N\Oc3ccccc3)[C@]3(CCO[C@H]4[C@@H]3[C@@H]1C(=O)N4c1ccc(C#N)c(C(F)(F)F)c1)O2. The van der Waals surface area contributed by atoms with Crippen molar-refractivity contribution < 1.29 is 32.3 Å². The lowest BCUT2D eigenvalue weighted by Gasteiger charge is -2.41. The number of fused-ring (bicyclic) bond motifs is 2. The van der Waals surface area contributed by atoms with Gasteiger partial charge in [0.05, 0.1) is 47.0 Å². The largest absolute Gasteiger partial charge is 0.417 e. The number of ether oxygens (including phenoxy) is 2. The fourth-order valence-corrected chi connectivity index (χ4v) is 6.18. The Labute approximate surface area is 198 Å². The van der Waals surface area contributed by atoms with Crippen LogP contribution in [0.4, 0.5) is 18.9 Å². The zero-order chi connectivity index (χ0) is 24.6. The molecule has 1 amide bonds. The molecule has 5 atom stereocenters. The highest BCUT2D eigenvalue weighted by atomic mass is 19.4. The fraction of sp³-hybridized carbons (Fsp3) is 0.400. The summed E-state index contributed by atoms with van der Waals surface area (Å²) in [5.74, 6) is -0.850. The van der Waals surface area contributed by atoms with Crippen molar-refractivity contribution in [2.24, 2.45) is 17.0 Å². The van der Waals surface area contributed by atoms with Crippen molar-refractivity contribution >= 4 is 17.3 Å². The standard InChI is InChI=1S/C25H20F3N3O4/c1-23-12-18(30-34-16-5-3-2-4-6-16)24(35-23)9-10-33-22-20(24)19(23)21(32)31(22)15-8-7-14(13-29)17(11-15)25(26,27)28/h2-8,11,19-20,22H,9-10,12H2,1H3/b30-18+/t19-,20+,22+,23-,24+/m1/s1. The number of alkyl halides is 3. The Morgan fingerprint density at radius 2 is 2.00 bits per heavy atom. The minimum absolute atomic E-state index is 0.0415. The van der Waals surface area contributed by atoms with Crippen LogP contribution < -0.4 is 9.74 Å². The minimum Gasteiger partial charge on any atom is -0.361 e. The molecular weight excluding hydrogens is 463 g/mol. The molecule has 0 aliphatic carbocycles. The zero-order valence-corrected chi connectivity index (χ0v) is 18.6. The Bertz CT molecular complexity index is 1290. The summed E-state index contributed by atoms with van der Waals surface area (Å²) in [6.45, 7) is 2.07. The van der Waals surface area contributed by atoms with Gasteiger partial charge in [0.1, 0.15) is 11.8 Å². The number of anilines is 1. The van der Waals surface area contributed by atoms with Gasteiger partial charge in [-0.25, -0.2) is 0 Å². The van der Waals surface area contributed by atoms with Gasteiger partial charge in [0, 0.05) is 18.5 Å². The lowest BCUT2D eigenvalue weighted by molar-refractivity contribution is -0.138. The average Bonchev–Trinajstić information content (AvgIpc) is 3.40. The number of nitrogens with zero attached hydrogens (tertiary/aromatic N) is 3. The molecule has 4 fully saturated rings. The van der Waals surface area contributed by atoms with Crippen molar-refractivity contribution in [3.05, 3.63) is 59.7 Å². The van der Waals surface area contributed by atoms with Crippen molar-refractivity contribution in [1.82, 2.24) is 0 Å². The molecule has 0 aromatic heterocycles. The van der Waals surface area contributed by atoms with E-state index >= 15 is 0 Å². The van der Waals surface area contributed by atoms with E-state index in [0.29, 0.717) is 24.3 Å². The number of carbonyl (C=O) groups is 1. The lowest BCUT2D eigenvalue weighted by atomic mass is 9.65. The molecule has 4 saturated heterocycles. The van der Waals surface area contributed by atoms with Crippen molar-refractivity contribution in [3.8, 4) is 11.8 Å². The number of nitriles is 1. The summed E-state index contributed by atoms with van der Waals surface area (Å²) in [4.78, 5) is 20.6. The van der Waals surface area contributed by atoms with Crippen LogP contribution in [0.2, 0.25) is 0 Å². The molecule has 0 radical (unpaired) electrons. The van der Waals surface area contributed by atoms with E-state index in [4.69, 9.17) is 19.6 Å². The van der Waals surface area contributed by atoms with Crippen LogP contribution in [0, 0.1) is 23.2 Å². The summed E-state index contributed by atoms with van der Waals surface area (Å²) in [5, 5.41) is 13.5. The Hall–Kier alpha value is -3.42. The predicted molar refractivity (Wildman–Crippen MR) is 116 cm³/mol. The highest BCUT2D eigenvalue weighted by molar-refractivity contribution is 6.06. The van der Waals surface area contributed by atoms with E-state index < -0.39 is 46.6 Å². The second kappa shape index (κ2) is 7.29. The Morgan fingerprint density at radius 1 is 1.23 bits per heavy atom. The number of hydrogen-bond donors (Lipinski definition) is 0. The third-order valence-corrected chi connectivity index (χ3v) is 7.52. The molecule has 0 saturated carbocycles. The lowest BCUT2D eigenvalue weighted by Crippen LogP contribution is -2.55. The maximum atomic E-state index is 13.7. The van der Waals surface area contributed by atoms with Gasteiger partial charge >= 0.3 is 6.18 Å². The number of para-hydroxylation sites is 1. The highest BCUT2D eigenvalue weighted by Gasteiger charge is 2.77. The van der Waals surface area contributed by atoms with E-state index in [1.165, 1.54) is 11.0 Å². The molecule has 4 aliphatic heterocycles. The number of amides is 1. The van der Waals surface area contributed by atoms with E-state index in [1.807, 2.05) is 25.1 Å². The quantitative estimate of drug-likeness (QED) is 0.609. The van der Waals surface area contributed by atoms with Crippen LogP contribution in [0.25, 0.3) is 0 Å². The van der Waals surface area contributed by atoms with Gasteiger partial charge in [-0.15, -0.1) is 0 Å². The van der Waals surface area contributed by atoms with Crippen LogP contribution in [0.1, 0.15) is 30.9 Å². The fourth-order valence-electron chi connectivity index (χ4n) is 6.18. The zero-order valence-electron chi connectivity index (χ0n) is 18.6. The summed E-state index contributed by atoms with van der Waals surface area (Å²) in [6, 6.07) is 13.9. The third-order valence-electron chi connectivity index (χ3n) is 7.52. The van der Waals surface area contributed by atoms with Gasteiger partial charge in [-0.2, -0.15) is 18.4 Å². The first-order valence-corrected chi connectivity index (χ1v) is 11.2. The van der Waals surface area contributed by atoms with Gasteiger partial charge in [-0.3, -0.25) is 9.69 Å². The maximum absolute atomic E-state index is 13.7. The Balaban J connectivity index is 1.40. The molecule has 0 N–H and O–H groups in total. The second-order valence-electron chi connectivity index (χ2n) is 9.49. The molecule has 10 heteroatoms. The van der Waals surface area contributed by atoms with Crippen LogP contribution in [0.3, 0.4) is 0 Å². The van der Waals surface area contributed by atoms with E-state index in [0.717, 1.165) is 12.1 Å². The van der Waals surface area contributed by atoms with Crippen molar-refractivity contribution in [1.29, 1.82) is 5.26 Å². The van der Waals surface area contributed by atoms with Crippen LogP contribution in [-0.4, -0.2) is 35.7 Å². The van der Waals surface area contributed by atoms with Crippen LogP contribution in [-0.2, 0) is 20.4 Å². The molecule has 4 heterocycles. The van der Waals surface area contributed by atoms with Gasteiger partial charge in [0.15, 0.2) is 5.75 Å². The molecule has 2 bridgehead atoms. The Morgan fingerprint density at radius 3 is 2.71 bits per heavy atom. The first kappa shape index (κ1) is 22.1. The predicted octanol–water partition coefficient (Wildman–Crippen LogP) is 4.27. The van der Waals surface area contributed by atoms with Crippen LogP contribution >= 0.6 is 0 Å². The monoisotopic (exact) mass is 483 g/mol. The average molecular weight is 483 g/mol. The molecule has 6 rings (SSSR count). The number of carbonyl (C=O) groups excluding carboxylic acids is 1. The van der Waals surface area contributed by atoms with Gasteiger partial charge in [-0.05, 0) is 37.3 Å². The van der Waals surface area contributed by atoms with Gasteiger partial charge in [-0.1, -0.05) is 23.4 Å². The smallest absolute Gasteiger partial charge is 0.361 e. The summed E-state index contributed by atoms with van der Waals surface area (Å²) >= 11 is 0. The summed E-state index contributed by atoms with van der Waals surface area (Å²) in [6.07, 6.45) is -4.73. The molecule has 7 nitrogen and oxygen atoms in total. The van der Waals surface area contributed by atoms with Crippen molar-refractivity contribution in [3.63, 3.8) is 0 Å². The van der Waals surface area contributed by atoms with E-state index in [1.54, 1.807) is 18.2 Å². The number of oxime groups is 1. The van der Waals surface area contributed by atoms with E-state index in [-0.39, 0.29) is 18.2 Å². The summed E-state index contributed by atoms with van der Waals surface area (Å²) < 4.78 is 53.3. The Kier molecular flexibility index (Phi) is 4.60. The molecular formula is C25H20F3N3O4. The number of halogens is 3. The second-order valence-corrected chi connectivity index (χ2v) is 9.49. The minimum atomic E-state index is -4.74. The molecule has 0 unspecified atom stereocenters. The molecule has 4 aliphatic rings. The number of rotatable bonds is 3.